The summed E-state index contributed by atoms with van der Waals surface area (Å²) >= 11 is 0. The van der Waals surface area contributed by atoms with Crippen LogP contribution < -0.4 is 10.5 Å². The molecule has 0 fully saturated rings. The molecule has 21 heavy (non-hydrogen) atoms. The number of aryl methyl sites for hydroxylation is 1. The van der Waals surface area contributed by atoms with Gasteiger partial charge in [0.25, 0.3) is 0 Å². The van der Waals surface area contributed by atoms with Crippen LogP contribution in [0.4, 0.5) is 0 Å². The average Bonchev–Trinajstić information content (AvgIpc) is 2.49. The minimum absolute atomic E-state index is 0.128. The van der Waals surface area contributed by atoms with E-state index in [-0.39, 0.29) is 6.61 Å². The number of rotatable bonds is 5. The van der Waals surface area contributed by atoms with Crippen molar-refractivity contribution in [2.45, 2.75) is 19.4 Å². The van der Waals surface area contributed by atoms with E-state index in [9.17, 15) is 9.90 Å². The Labute approximate surface area is 124 Å². The molecule has 0 heterocycles. The zero-order valence-corrected chi connectivity index (χ0v) is 12.2. The van der Waals surface area contributed by atoms with Gasteiger partial charge in [-0.05, 0) is 36.6 Å². The first kappa shape index (κ1) is 15.1. The predicted octanol–water partition coefficient (Wildman–Crippen LogP) is 2.62. The summed E-state index contributed by atoms with van der Waals surface area (Å²) in [7, 11) is 0. The van der Waals surface area contributed by atoms with Gasteiger partial charge in [0, 0.05) is 0 Å². The van der Waals surface area contributed by atoms with Crippen LogP contribution in [0.5, 0.6) is 5.75 Å². The van der Waals surface area contributed by atoms with Crippen molar-refractivity contribution < 1.29 is 14.6 Å². The normalized spacial score (nSPS) is 13.5. The van der Waals surface area contributed by atoms with Gasteiger partial charge in [0.2, 0.25) is 0 Å². The van der Waals surface area contributed by atoms with Gasteiger partial charge in [0.05, 0.1) is 0 Å². The highest BCUT2D eigenvalue weighted by Crippen LogP contribution is 2.24. The van der Waals surface area contributed by atoms with Crippen LogP contribution in [0.1, 0.15) is 16.7 Å². The molecule has 0 aliphatic heterocycles. The third-order valence-electron chi connectivity index (χ3n) is 3.68. The summed E-state index contributed by atoms with van der Waals surface area (Å²) in [6.07, 6.45) is 0. The highest BCUT2D eigenvalue weighted by molar-refractivity contribution is 5.80. The summed E-state index contributed by atoms with van der Waals surface area (Å²) in [5.41, 5.74) is 7.09. The number of nitrogens with two attached hydrogens (primary N) is 1. The number of hydrogen-bond donors (Lipinski definition) is 2. The van der Waals surface area contributed by atoms with E-state index in [1.54, 1.807) is 24.3 Å². The second kappa shape index (κ2) is 5.97. The van der Waals surface area contributed by atoms with E-state index in [0.717, 1.165) is 11.1 Å². The number of carboxylic acid groups (broad SMARTS) is 1. The molecule has 0 aromatic heterocycles. The SMILES string of the molecule is Cc1cccc(OCC(N)(C(=O)O)c2ccccc2)c1C. The van der Waals surface area contributed by atoms with Crippen LogP contribution in [0.2, 0.25) is 0 Å². The van der Waals surface area contributed by atoms with Crippen molar-refractivity contribution in [3.63, 3.8) is 0 Å². The third kappa shape index (κ3) is 3.06. The lowest BCUT2D eigenvalue weighted by atomic mass is 9.92. The van der Waals surface area contributed by atoms with Gasteiger partial charge in [0.15, 0.2) is 5.54 Å². The number of carboxylic acids is 1. The molecular formula is C17H19NO3. The Hall–Kier alpha value is -2.33. The van der Waals surface area contributed by atoms with Gasteiger partial charge in [-0.25, -0.2) is 4.79 Å². The highest BCUT2D eigenvalue weighted by atomic mass is 16.5. The van der Waals surface area contributed by atoms with Crippen LogP contribution in [0.15, 0.2) is 48.5 Å². The second-order valence-electron chi connectivity index (χ2n) is 5.13. The Morgan fingerprint density at radius 3 is 2.43 bits per heavy atom. The lowest BCUT2D eigenvalue weighted by molar-refractivity contribution is -0.145. The molecule has 0 saturated carbocycles. The van der Waals surface area contributed by atoms with Gasteiger partial charge >= 0.3 is 5.97 Å². The molecule has 0 aliphatic carbocycles. The van der Waals surface area contributed by atoms with E-state index >= 15 is 0 Å². The maximum atomic E-state index is 11.6. The summed E-state index contributed by atoms with van der Waals surface area (Å²) in [6.45, 7) is 3.79. The van der Waals surface area contributed by atoms with Crippen LogP contribution in [-0.2, 0) is 10.3 Å². The van der Waals surface area contributed by atoms with Crippen molar-refractivity contribution >= 4 is 5.97 Å². The molecule has 2 aromatic carbocycles. The predicted molar refractivity (Wildman–Crippen MR) is 81.4 cm³/mol. The Morgan fingerprint density at radius 1 is 1.14 bits per heavy atom. The topological polar surface area (TPSA) is 72.5 Å². The largest absolute Gasteiger partial charge is 0.490 e. The quantitative estimate of drug-likeness (QED) is 0.885. The first-order valence-corrected chi connectivity index (χ1v) is 6.72. The summed E-state index contributed by atoms with van der Waals surface area (Å²) in [5, 5.41) is 9.48. The van der Waals surface area contributed by atoms with Crippen molar-refractivity contribution in [3.8, 4) is 5.75 Å². The monoisotopic (exact) mass is 285 g/mol. The molecule has 2 rings (SSSR count). The lowest BCUT2D eigenvalue weighted by Crippen LogP contribution is -2.49. The fraction of sp³-hybridized carbons (Fsp3) is 0.235. The van der Waals surface area contributed by atoms with E-state index in [1.807, 2.05) is 38.1 Å². The van der Waals surface area contributed by atoms with E-state index in [2.05, 4.69) is 0 Å². The van der Waals surface area contributed by atoms with Crippen LogP contribution in [-0.4, -0.2) is 17.7 Å². The zero-order valence-electron chi connectivity index (χ0n) is 12.2. The maximum Gasteiger partial charge on any atom is 0.331 e. The number of aliphatic carboxylic acids is 1. The first-order valence-electron chi connectivity index (χ1n) is 6.72. The summed E-state index contributed by atoms with van der Waals surface area (Å²) in [5.74, 6) is -0.457. The molecule has 3 N–H and O–H groups in total. The molecule has 1 unspecified atom stereocenters. The van der Waals surface area contributed by atoms with Crippen LogP contribution >= 0.6 is 0 Å². The van der Waals surface area contributed by atoms with Crippen molar-refractivity contribution in [3.05, 3.63) is 65.2 Å². The molecule has 0 amide bonds. The molecule has 1 atom stereocenters. The Morgan fingerprint density at radius 2 is 1.81 bits per heavy atom. The fourth-order valence-electron chi connectivity index (χ4n) is 2.08. The third-order valence-corrected chi connectivity index (χ3v) is 3.68. The molecule has 0 saturated heterocycles. The molecule has 4 nitrogen and oxygen atoms in total. The number of benzene rings is 2. The smallest absolute Gasteiger partial charge is 0.331 e. The van der Waals surface area contributed by atoms with Crippen molar-refractivity contribution in [2.75, 3.05) is 6.61 Å². The summed E-state index contributed by atoms with van der Waals surface area (Å²) in [6, 6.07) is 14.4. The van der Waals surface area contributed by atoms with Gasteiger partial charge in [-0.1, -0.05) is 42.5 Å². The van der Waals surface area contributed by atoms with Gasteiger partial charge < -0.3 is 15.6 Å². The van der Waals surface area contributed by atoms with Crippen molar-refractivity contribution in [2.24, 2.45) is 5.73 Å². The Kier molecular flexibility index (Phi) is 4.29. The van der Waals surface area contributed by atoms with Gasteiger partial charge in [-0.3, -0.25) is 0 Å². The van der Waals surface area contributed by atoms with Crippen LogP contribution in [0.3, 0.4) is 0 Å². The lowest BCUT2D eigenvalue weighted by Gasteiger charge is -2.26. The number of hydrogen-bond acceptors (Lipinski definition) is 3. The fourth-order valence-corrected chi connectivity index (χ4v) is 2.08. The van der Waals surface area contributed by atoms with Crippen LogP contribution in [0.25, 0.3) is 0 Å². The van der Waals surface area contributed by atoms with E-state index in [0.29, 0.717) is 11.3 Å². The molecule has 110 valence electrons. The Bertz CT molecular complexity index is 640. The molecule has 0 aliphatic rings. The van der Waals surface area contributed by atoms with Gasteiger partial charge in [-0.2, -0.15) is 0 Å². The maximum absolute atomic E-state index is 11.6. The standard InChI is InChI=1S/C17H19NO3/c1-12-7-6-10-15(13(12)2)21-11-17(18,16(19)20)14-8-4-3-5-9-14/h3-10H,11,18H2,1-2H3,(H,19,20). The van der Waals surface area contributed by atoms with Crippen molar-refractivity contribution in [1.29, 1.82) is 0 Å². The van der Waals surface area contributed by atoms with Crippen LogP contribution in [0, 0.1) is 13.8 Å². The van der Waals surface area contributed by atoms with Gasteiger partial charge in [0.1, 0.15) is 12.4 Å². The van der Waals surface area contributed by atoms with E-state index in [4.69, 9.17) is 10.5 Å². The molecular weight excluding hydrogens is 266 g/mol. The van der Waals surface area contributed by atoms with Crippen molar-refractivity contribution in [1.82, 2.24) is 0 Å². The minimum atomic E-state index is -1.57. The second-order valence-corrected chi connectivity index (χ2v) is 5.13. The van der Waals surface area contributed by atoms with Gasteiger partial charge in [-0.15, -0.1) is 0 Å². The molecule has 0 bridgehead atoms. The minimum Gasteiger partial charge on any atom is -0.490 e. The van der Waals surface area contributed by atoms with E-state index < -0.39 is 11.5 Å². The molecule has 0 radical (unpaired) electrons. The Balaban J connectivity index is 2.26. The summed E-state index contributed by atoms with van der Waals surface area (Å²) < 4.78 is 5.69. The molecule has 4 heteroatoms. The highest BCUT2D eigenvalue weighted by Gasteiger charge is 2.37. The first-order chi connectivity index (χ1) is 9.95. The molecule has 0 spiro atoms. The zero-order chi connectivity index (χ0) is 15.5. The molecule has 2 aromatic rings. The number of carbonyl (C=O) groups is 1. The summed E-state index contributed by atoms with van der Waals surface area (Å²) in [4.78, 5) is 11.6. The average molecular weight is 285 g/mol. The number of ether oxygens (including phenoxy) is 1. The van der Waals surface area contributed by atoms with E-state index in [1.165, 1.54) is 0 Å².